The van der Waals surface area contributed by atoms with E-state index in [1.165, 1.54) is 0 Å². The molecular weight excluding hydrogens is 472 g/mol. The molecule has 2 aromatic rings. The number of hydrogen-bond donors (Lipinski definition) is 0. The van der Waals surface area contributed by atoms with Crippen molar-refractivity contribution in [1.29, 1.82) is 0 Å². The minimum Gasteiger partial charge on any atom is -0.464 e. The number of hydrogen-bond acceptors (Lipinski definition) is 8. The van der Waals surface area contributed by atoms with Gasteiger partial charge in [0.2, 0.25) is 0 Å². The molecule has 1 aliphatic rings. The highest BCUT2D eigenvalue weighted by molar-refractivity contribution is 6.31. The van der Waals surface area contributed by atoms with Crippen molar-refractivity contribution in [1.82, 2.24) is 0 Å². The van der Waals surface area contributed by atoms with Crippen molar-refractivity contribution >= 4 is 35.4 Å². The van der Waals surface area contributed by atoms with E-state index in [0.717, 1.165) is 42.4 Å². The molecule has 0 bridgehead atoms. The molecule has 0 amide bonds. The predicted molar refractivity (Wildman–Crippen MR) is 142 cm³/mol. The first kappa shape index (κ1) is 27.6. The van der Waals surface area contributed by atoms with Crippen LogP contribution in [0.25, 0.3) is 6.08 Å². The van der Waals surface area contributed by atoms with Crippen LogP contribution < -0.4 is 4.90 Å². The number of carbonyl (C=O) groups is 3. The minimum absolute atomic E-state index is 0.0798. The summed E-state index contributed by atoms with van der Waals surface area (Å²) in [4.78, 5) is 43.9. The number of aryl methyl sites for hydroxylation is 1. The zero-order valence-electron chi connectivity index (χ0n) is 21.7. The standard InChI is InChI=1S/C29H34N2O6/c1-4-6-15-35-26(32)19-31(20-27(33)36-16-7-5-2)24-14-13-23(21(3)17-24)18-25-28(30-37-29(25)34)22-11-9-8-10-12-22/h8-14,17-18H,4-7,15-16,19-20H2,1-3H3. The third-order valence-corrected chi connectivity index (χ3v) is 5.82. The van der Waals surface area contributed by atoms with Crippen molar-refractivity contribution in [3.63, 3.8) is 0 Å². The van der Waals surface area contributed by atoms with Crippen LogP contribution in [0.2, 0.25) is 0 Å². The van der Waals surface area contributed by atoms with Gasteiger partial charge in [0.25, 0.3) is 0 Å². The lowest BCUT2D eigenvalue weighted by Crippen LogP contribution is -2.36. The Balaban J connectivity index is 1.82. The summed E-state index contributed by atoms with van der Waals surface area (Å²) in [6.07, 6.45) is 5.14. The smallest absolute Gasteiger partial charge is 0.368 e. The molecule has 0 spiro atoms. The zero-order valence-corrected chi connectivity index (χ0v) is 21.7. The van der Waals surface area contributed by atoms with Crippen molar-refractivity contribution in [2.24, 2.45) is 5.16 Å². The minimum atomic E-state index is -0.520. The molecule has 8 nitrogen and oxygen atoms in total. The number of rotatable bonds is 13. The van der Waals surface area contributed by atoms with E-state index in [-0.39, 0.29) is 13.1 Å². The molecule has 8 heteroatoms. The number of carbonyl (C=O) groups excluding carboxylic acids is 3. The van der Waals surface area contributed by atoms with Gasteiger partial charge in [-0.1, -0.05) is 68.2 Å². The van der Waals surface area contributed by atoms with Gasteiger partial charge in [0.1, 0.15) is 18.8 Å². The monoisotopic (exact) mass is 506 g/mol. The van der Waals surface area contributed by atoms with E-state index in [2.05, 4.69) is 5.16 Å². The SMILES string of the molecule is CCCCOC(=O)CN(CC(=O)OCCCC)c1ccc(C=C2C(=O)ON=C2c2ccccc2)c(C)c1. The van der Waals surface area contributed by atoms with Crippen LogP contribution in [0.4, 0.5) is 5.69 Å². The van der Waals surface area contributed by atoms with Gasteiger partial charge >= 0.3 is 17.9 Å². The van der Waals surface area contributed by atoms with Gasteiger partial charge in [0.05, 0.1) is 18.8 Å². The van der Waals surface area contributed by atoms with E-state index in [0.29, 0.717) is 30.2 Å². The van der Waals surface area contributed by atoms with Gasteiger partial charge in [0, 0.05) is 11.3 Å². The molecule has 0 atom stereocenters. The molecule has 196 valence electrons. The van der Waals surface area contributed by atoms with Crippen LogP contribution in [0.1, 0.15) is 56.2 Å². The molecule has 0 N–H and O–H groups in total. The molecule has 0 fully saturated rings. The third kappa shape index (κ3) is 8.03. The van der Waals surface area contributed by atoms with Crippen molar-refractivity contribution in [2.75, 3.05) is 31.2 Å². The zero-order chi connectivity index (χ0) is 26.6. The lowest BCUT2D eigenvalue weighted by molar-refractivity contribution is -0.143. The van der Waals surface area contributed by atoms with Gasteiger partial charge in [-0.25, -0.2) is 4.79 Å². The lowest BCUT2D eigenvalue weighted by atomic mass is 9.98. The summed E-state index contributed by atoms with van der Waals surface area (Å²) < 4.78 is 10.6. The van der Waals surface area contributed by atoms with E-state index < -0.39 is 17.9 Å². The van der Waals surface area contributed by atoms with E-state index >= 15 is 0 Å². The Kier molecular flexibility index (Phi) is 10.4. The number of oxime groups is 1. The summed E-state index contributed by atoms with van der Waals surface area (Å²) in [5.74, 6) is -1.33. The van der Waals surface area contributed by atoms with Crippen molar-refractivity contribution in [3.8, 4) is 0 Å². The molecule has 0 saturated heterocycles. The maximum absolute atomic E-state index is 12.4. The lowest BCUT2D eigenvalue weighted by Gasteiger charge is -2.24. The van der Waals surface area contributed by atoms with Crippen LogP contribution in [-0.4, -0.2) is 49.9 Å². The fourth-order valence-electron chi connectivity index (χ4n) is 3.69. The molecule has 0 radical (unpaired) electrons. The number of anilines is 1. The number of benzene rings is 2. The summed E-state index contributed by atoms with van der Waals surface area (Å²) in [5.41, 5.74) is 3.92. The summed E-state index contributed by atoms with van der Waals surface area (Å²) >= 11 is 0. The van der Waals surface area contributed by atoms with Gasteiger partial charge in [0.15, 0.2) is 0 Å². The van der Waals surface area contributed by atoms with E-state index in [1.807, 2.05) is 63.2 Å². The summed E-state index contributed by atoms with van der Waals surface area (Å²) in [6, 6.07) is 14.9. The summed E-state index contributed by atoms with van der Waals surface area (Å²) in [5, 5.41) is 3.95. The molecule has 3 rings (SSSR count). The Morgan fingerprint density at radius 1 is 0.946 bits per heavy atom. The molecule has 0 saturated carbocycles. The number of esters is 2. The van der Waals surface area contributed by atoms with Gasteiger partial charge < -0.3 is 19.2 Å². The number of ether oxygens (including phenoxy) is 2. The van der Waals surface area contributed by atoms with Crippen molar-refractivity contribution in [3.05, 3.63) is 70.8 Å². The van der Waals surface area contributed by atoms with Crippen LogP contribution in [0.5, 0.6) is 0 Å². The first-order valence-corrected chi connectivity index (χ1v) is 12.7. The van der Waals surface area contributed by atoms with Gasteiger partial charge in [-0.05, 0) is 49.1 Å². The van der Waals surface area contributed by atoms with Crippen LogP contribution in [0.3, 0.4) is 0 Å². The second kappa shape index (κ2) is 14.0. The third-order valence-electron chi connectivity index (χ3n) is 5.82. The Morgan fingerprint density at radius 2 is 1.57 bits per heavy atom. The van der Waals surface area contributed by atoms with Crippen molar-refractivity contribution < 1.29 is 28.7 Å². The first-order valence-electron chi connectivity index (χ1n) is 12.7. The van der Waals surface area contributed by atoms with E-state index in [4.69, 9.17) is 14.3 Å². The summed E-state index contributed by atoms with van der Waals surface area (Å²) in [6.45, 7) is 6.46. The maximum Gasteiger partial charge on any atom is 0.368 e. The predicted octanol–water partition coefficient (Wildman–Crippen LogP) is 4.83. The van der Waals surface area contributed by atoms with Gasteiger partial charge in [-0.15, -0.1) is 0 Å². The Morgan fingerprint density at radius 3 is 2.14 bits per heavy atom. The largest absolute Gasteiger partial charge is 0.464 e. The second-order valence-electron chi connectivity index (χ2n) is 8.79. The molecule has 1 heterocycles. The molecule has 0 aliphatic carbocycles. The topological polar surface area (TPSA) is 94.5 Å². The maximum atomic E-state index is 12.4. The Hall–Kier alpha value is -3.94. The van der Waals surface area contributed by atoms with Crippen LogP contribution in [-0.2, 0) is 28.7 Å². The van der Waals surface area contributed by atoms with Crippen LogP contribution in [0, 0.1) is 6.92 Å². The Bertz CT molecular complexity index is 1130. The highest BCUT2D eigenvalue weighted by atomic mass is 16.7. The molecular formula is C29H34N2O6. The average molecular weight is 507 g/mol. The molecule has 0 aromatic heterocycles. The van der Waals surface area contributed by atoms with Gasteiger partial charge in [-0.2, -0.15) is 0 Å². The van der Waals surface area contributed by atoms with E-state index in [1.54, 1.807) is 17.0 Å². The molecule has 37 heavy (non-hydrogen) atoms. The van der Waals surface area contributed by atoms with Gasteiger partial charge in [-0.3, -0.25) is 9.59 Å². The fourth-order valence-corrected chi connectivity index (χ4v) is 3.69. The number of nitrogens with zero attached hydrogens (tertiary/aromatic N) is 2. The quantitative estimate of drug-likeness (QED) is 0.166. The fraction of sp³-hybridized carbons (Fsp3) is 0.379. The van der Waals surface area contributed by atoms with Crippen molar-refractivity contribution in [2.45, 2.75) is 46.5 Å². The Labute approximate surface area is 217 Å². The molecule has 0 unspecified atom stereocenters. The van der Waals surface area contributed by atoms with Crippen LogP contribution >= 0.6 is 0 Å². The highest BCUT2D eigenvalue weighted by Gasteiger charge is 2.27. The summed E-state index contributed by atoms with van der Waals surface area (Å²) in [7, 11) is 0. The highest BCUT2D eigenvalue weighted by Crippen LogP contribution is 2.25. The second-order valence-corrected chi connectivity index (χ2v) is 8.79. The number of unbranched alkanes of at least 4 members (excludes halogenated alkanes) is 2. The molecule has 1 aliphatic heterocycles. The van der Waals surface area contributed by atoms with E-state index in [9.17, 15) is 14.4 Å². The molecule has 2 aromatic carbocycles. The normalized spacial score (nSPS) is 13.8. The van der Waals surface area contributed by atoms with Crippen LogP contribution in [0.15, 0.2) is 59.3 Å². The first-order chi connectivity index (χ1) is 17.9. The average Bonchev–Trinajstić information content (AvgIpc) is 3.25.